The lowest BCUT2D eigenvalue weighted by molar-refractivity contribution is -0.119. The smallest absolute Gasteiger partial charge is 0.317 e. The molecule has 1 aliphatic heterocycles. The van der Waals surface area contributed by atoms with Gasteiger partial charge in [0.25, 0.3) is 0 Å². The number of fused-ring (bicyclic) bond motifs is 1. The zero-order valence-corrected chi connectivity index (χ0v) is 13.9. The number of hydrogen-bond acceptors (Lipinski definition) is 4. The molecule has 1 fully saturated rings. The van der Waals surface area contributed by atoms with Crippen LogP contribution in [0.4, 0.5) is 4.79 Å². The third-order valence-corrected chi connectivity index (χ3v) is 4.88. The molecule has 1 aromatic heterocycles. The van der Waals surface area contributed by atoms with Gasteiger partial charge in [-0.2, -0.15) is 0 Å². The van der Waals surface area contributed by atoms with E-state index in [1.807, 2.05) is 24.3 Å². The summed E-state index contributed by atoms with van der Waals surface area (Å²) in [6.45, 7) is 3.22. The fraction of sp³-hybridized carbons (Fsp3) is 0.438. The predicted molar refractivity (Wildman–Crippen MR) is 90.3 cm³/mol. The molecule has 122 valence electrons. The van der Waals surface area contributed by atoms with Crippen LogP contribution < -0.4 is 10.6 Å². The van der Waals surface area contributed by atoms with E-state index in [0.29, 0.717) is 13.1 Å². The van der Waals surface area contributed by atoms with E-state index < -0.39 is 0 Å². The van der Waals surface area contributed by atoms with Crippen LogP contribution in [0.2, 0.25) is 0 Å². The average molecular weight is 332 g/mol. The van der Waals surface area contributed by atoms with Crippen molar-refractivity contribution in [1.82, 2.24) is 20.5 Å². The molecule has 7 heteroatoms. The van der Waals surface area contributed by atoms with Crippen LogP contribution in [0.1, 0.15) is 24.8 Å². The van der Waals surface area contributed by atoms with Gasteiger partial charge in [0.1, 0.15) is 5.01 Å². The largest absolute Gasteiger partial charge is 0.352 e. The van der Waals surface area contributed by atoms with Crippen LogP contribution in [0.5, 0.6) is 0 Å². The van der Waals surface area contributed by atoms with Crippen LogP contribution in [-0.2, 0) is 11.3 Å². The number of piperidine rings is 1. The Labute approximate surface area is 138 Å². The molecule has 1 aliphatic rings. The molecule has 1 atom stereocenters. The summed E-state index contributed by atoms with van der Waals surface area (Å²) in [5.74, 6) is -0.0493. The first kappa shape index (κ1) is 15.7. The Morgan fingerprint density at radius 1 is 1.39 bits per heavy atom. The molecule has 1 saturated heterocycles. The molecular formula is C16H20N4O2S. The van der Waals surface area contributed by atoms with Gasteiger partial charge in [-0.25, -0.2) is 9.78 Å². The Bertz CT molecular complexity index is 682. The van der Waals surface area contributed by atoms with Crippen molar-refractivity contribution >= 4 is 33.5 Å². The number of carbonyl (C=O) groups excluding carboxylic acids is 2. The molecule has 0 bridgehead atoms. The lowest BCUT2D eigenvalue weighted by Gasteiger charge is -2.32. The fourth-order valence-corrected chi connectivity index (χ4v) is 3.73. The molecule has 0 saturated carbocycles. The number of nitrogens with one attached hydrogen (secondary N) is 2. The molecule has 2 aromatic rings. The number of amides is 3. The van der Waals surface area contributed by atoms with Crippen molar-refractivity contribution in [3.63, 3.8) is 0 Å². The van der Waals surface area contributed by atoms with Gasteiger partial charge in [0, 0.05) is 26.1 Å². The summed E-state index contributed by atoms with van der Waals surface area (Å²) in [5.41, 5.74) is 0.963. The quantitative estimate of drug-likeness (QED) is 0.904. The van der Waals surface area contributed by atoms with Gasteiger partial charge in [-0.1, -0.05) is 12.1 Å². The minimum absolute atomic E-state index is 0.0493. The highest BCUT2D eigenvalue weighted by molar-refractivity contribution is 7.18. The third-order valence-electron chi connectivity index (χ3n) is 3.85. The Kier molecular flexibility index (Phi) is 4.76. The lowest BCUT2D eigenvalue weighted by atomic mass is 10.1. The molecule has 6 nitrogen and oxygen atoms in total. The SMILES string of the molecule is CC(=O)N[C@H]1CCCN(C(=O)NCc2nc3ccccc3s2)C1. The molecule has 2 N–H and O–H groups in total. The summed E-state index contributed by atoms with van der Waals surface area (Å²) in [7, 11) is 0. The molecule has 1 aromatic carbocycles. The van der Waals surface area contributed by atoms with Crippen molar-refractivity contribution in [3.8, 4) is 0 Å². The molecular weight excluding hydrogens is 312 g/mol. The zero-order valence-electron chi connectivity index (χ0n) is 13.0. The minimum Gasteiger partial charge on any atom is -0.352 e. The standard InChI is InChI=1S/C16H20N4O2S/c1-11(21)18-12-5-4-8-20(10-12)16(22)17-9-15-19-13-6-2-3-7-14(13)23-15/h2-3,6-7,12H,4-5,8-10H2,1H3,(H,17,22)(H,18,21)/t12-/m0/s1. The second kappa shape index (κ2) is 6.95. The minimum atomic E-state index is -0.0979. The number of aromatic nitrogens is 1. The van der Waals surface area contributed by atoms with E-state index in [1.54, 1.807) is 16.2 Å². The van der Waals surface area contributed by atoms with Gasteiger partial charge in [-0.3, -0.25) is 4.79 Å². The van der Waals surface area contributed by atoms with Gasteiger partial charge in [0.05, 0.1) is 16.8 Å². The summed E-state index contributed by atoms with van der Waals surface area (Å²) in [4.78, 5) is 29.7. The van der Waals surface area contributed by atoms with Crippen LogP contribution in [0.3, 0.4) is 0 Å². The second-order valence-electron chi connectivity index (χ2n) is 5.72. The Morgan fingerprint density at radius 3 is 3.00 bits per heavy atom. The fourth-order valence-electron chi connectivity index (χ4n) is 2.83. The number of urea groups is 1. The number of rotatable bonds is 3. The second-order valence-corrected chi connectivity index (χ2v) is 6.83. The maximum absolute atomic E-state index is 12.3. The molecule has 2 heterocycles. The number of likely N-dealkylation sites (tertiary alicyclic amines) is 1. The highest BCUT2D eigenvalue weighted by Crippen LogP contribution is 2.21. The van der Waals surface area contributed by atoms with Crippen molar-refractivity contribution in [1.29, 1.82) is 0 Å². The van der Waals surface area contributed by atoms with E-state index in [1.165, 1.54) is 6.92 Å². The van der Waals surface area contributed by atoms with Gasteiger partial charge in [-0.15, -0.1) is 11.3 Å². The number of hydrogen-bond donors (Lipinski definition) is 2. The van der Waals surface area contributed by atoms with Gasteiger partial charge in [0.2, 0.25) is 5.91 Å². The topological polar surface area (TPSA) is 74.3 Å². The van der Waals surface area contributed by atoms with E-state index in [2.05, 4.69) is 15.6 Å². The van der Waals surface area contributed by atoms with Crippen molar-refractivity contribution < 1.29 is 9.59 Å². The summed E-state index contributed by atoms with van der Waals surface area (Å²) >= 11 is 1.59. The molecule has 23 heavy (non-hydrogen) atoms. The number of carbonyl (C=O) groups is 2. The van der Waals surface area contributed by atoms with E-state index in [9.17, 15) is 9.59 Å². The highest BCUT2D eigenvalue weighted by Gasteiger charge is 2.24. The Morgan fingerprint density at radius 2 is 2.22 bits per heavy atom. The number of thiazole rings is 1. The molecule has 3 amide bonds. The van der Waals surface area contributed by atoms with Crippen LogP contribution in [-0.4, -0.2) is 41.0 Å². The summed E-state index contributed by atoms with van der Waals surface area (Å²) in [5, 5.41) is 6.71. The van der Waals surface area contributed by atoms with Gasteiger partial charge < -0.3 is 15.5 Å². The van der Waals surface area contributed by atoms with E-state index in [0.717, 1.165) is 34.6 Å². The average Bonchev–Trinajstić information content (AvgIpc) is 2.95. The van der Waals surface area contributed by atoms with Crippen molar-refractivity contribution in [2.24, 2.45) is 0 Å². The van der Waals surface area contributed by atoms with Crippen LogP contribution in [0.15, 0.2) is 24.3 Å². The Balaban J connectivity index is 1.55. The van der Waals surface area contributed by atoms with Gasteiger partial charge in [0.15, 0.2) is 0 Å². The summed E-state index contributed by atoms with van der Waals surface area (Å²) in [6.07, 6.45) is 1.82. The van der Waals surface area contributed by atoms with E-state index in [4.69, 9.17) is 0 Å². The van der Waals surface area contributed by atoms with E-state index >= 15 is 0 Å². The van der Waals surface area contributed by atoms with E-state index in [-0.39, 0.29) is 18.0 Å². The van der Waals surface area contributed by atoms with Crippen molar-refractivity contribution in [2.45, 2.75) is 32.4 Å². The molecule has 0 unspecified atom stereocenters. The monoisotopic (exact) mass is 332 g/mol. The van der Waals surface area contributed by atoms with Crippen LogP contribution >= 0.6 is 11.3 Å². The first-order valence-electron chi connectivity index (χ1n) is 7.76. The van der Waals surface area contributed by atoms with Crippen molar-refractivity contribution in [2.75, 3.05) is 13.1 Å². The number of nitrogens with zero attached hydrogens (tertiary/aromatic N) is 2. The number of benzene rings is 1. The highest BCUT2D eigenvalue weighted by atomic mass is 32.1. The normalized spacial score (nSPS) is 18.0. The molecule has 3 rings (SSSR count). The molecule has 0 aliphatic carbocycles. The summed E-state index contributed by atoms with van der Waals surface area (Å²) < 4.78 is 1.13. The van der Waals surface area contributed by atoms with Crippen LogP contribution in [0.25, 0.3) is 10.2 Å². The van der Waals surface area contributed by atoms with Gasteiger partial charge >= 0.3 is 6.03 Å². The molecule has 0 spiro atoms. The van der Waals surface area contributed by atoms with Gasteiger partial charge in [-0.05, 0) is 25.0 Å². The maximum Gasteiger partial charge on any atom is 0.317 e. The number of para-hydroxylation sites is 1. The lowest BCUT2D eigenvalue weighted by Crippen LogP contribution is -2.51. The molecule has 0 radical (unpaired) electrons. The Hall–Kier alpha value is -2.15. The first-order valence-corrected chi connectivity index (χ1v) is 8.58. The maximum atomic E-state index is 12.3. The van der Waals surface area contributed by atoms with Crippen LogP contribution in [0, 0.1) is 0 Å². The summed E-state index contributed by atoms with van der Waals surface area (Å²) in [6, 6.07) is 7.90. The van der Waals surface area contributed by atoms with Crippen molar-refractivity contribution in [3.05, 3.63) is 29.3 Å². The third kappa shape index (κ3) is 3.98. The predicted octanol–water partition coefficient (Wildman–Crippen LogP) is 2.11. The first-order chi connectivity index (χ1) is 11.1. The zero-order chi connectivity index (χ0) is 16.2.